The number of thiophene rings is 1. The standard InChI is InChI=1S/C20H22N4O3S/c1-26-14-5-6-15(17(10-14)27-2)20(25)21-13-7-8-24(12-13)19-11-16(22-23-19)18-4-3-9-28-18/h3-6,9-11,13H,7-8,12H2,1-2H3,(H,21,25)(H,22,23)/t13-/m1/s1. The average Bonchev–Trinajstić information content (AvgIpc) is 3.47. The van der Waals surface area contributed by atoms with E-state index < -0.39 is 0 Å². The van der Waals surface area contributed by atoms with E-state index in [0.717, 1.165) is 35.9 Å². The van der Waals surface area contributed by atoms with E-state index in [9.17, 15) is 4.79 Å². The van der Waals surface area contributed by atoms with Gasteiger partial charge in [0.05, 0.1) is 30.4 Å². The van der Waals surface area contributed by atoms with Crippen LogP contribution in [0.15, 0.2) is 41.8 Å². The Balaban J connectivity index is 1.40. The van der Waals surface area contributed by atoms with E-state index in [1.165, 1.54) is 0 Å². The molecule has 0 saturated carbocycles. The number of hydrogen-bond acceptors (Lipinski definition) is 6. The maximum Gasteiger partial charge on any atom is 0.255 e. The molecule has 3 heterocycles. The molecular weight excluding hydrogens is 376 g/mol. The monoisotopic (exact) mass is 398 g/mol. The van der Waals surface area contributed by atoms with Gasteiger partial charge in [0, 0.05) is 31.3 Å². The molecule has 1 aliphatic heterocycles. The summed E-state index contributed by atoms with van der Waals surface area (Å²) >= 11 is 1.68. The van der Waals surface area contributed by atoms with E-state index in [1.807, 2.05) is 11.4 Å². The Kier molecular flexibility index (Phi) is 5.21. The third-order valence-electron chi connectivity index (χ3n) is 4.85. The van der Waals surface area contributed by atoms with Crippen LogP contribution in [-0.4, -0.2) is 49.5 Å². The van der Waals surface area contributed by atoms with E-state index in [-0.39, 0.29) is 11.9 Å². The highest BCUT2D eigenvalue weighted by Gasteiger charge is 2.27. The molecule has 1 aromatic carbocycles. The van der Waals surface area contributed by atoms with Gasteiger partial charge < -0.3 is 19.7 Å². The summed E-state index contributed by atoms with van der Waals surface area (Å²) in [5.74, 6) is 1.91. The van der Waals surface area contributed by atoms with Gasteiger partial charge in [-0.2, -0.15) is 5.10 Å². The Morgan fingerprint density at radius 3 is 2.93 bits per heavy atom. The van der Waals surface area contributed by atoms with E-state index in [1.54, 1.807) is 43.8 Å². The molecule has 146 valence electrons. The number of carbonyl (C=O) groups excluding carboxylic acids is 1. The first-order chi connectivity index (χ1) is 13.7. The zero-order valence-electron chi connectivity index (χ0n) is 15.8. The summed E-state index contributed by atoms with van der Waals surface area (Å²) in [6.45, 7) is 1.57. The summed E-state index contributed by atoms with van der Waals surface area (Å²) in [6, 6.07) is 11.4. The fourth-order valence-corrected chi connectivity index (χ4v) is 4.06. The quantitative estimate of drug-likeness (QED) is 0.667. The predicted octanol–water partition coefficient (Wildman–Crippen LogP) is 3.16. The minimum absolute atomic E-state index is 0.0567. The van der Waals surface area contributed by atoms with E-state index in [0.29, 0.717) is 17.1 Å². The number of methoxy groups -OCH3 is 2. The smallest absolute Gasteiger partial charge is 0.255 e. The van der Waals surface area contributed by atoms with Crippen molar-refractivity contribution in [2.24, 2.45) is 0 Å². The Hall–Kier alpha value is -3.00. The molecule has 0 bridgehead atoms. The highest BCUT2D eigenvalue weighted by Crippen LogP contribution is 2.28. The van der Waals surface area contributed by atoms with Gasteiger partial charge in [-0.1, -0.05) is 6.07 Å². The van der Waals surface area contributed by atoms with Crippen molar-refractivity contribution >= 4 is 23.1 Å². The molecule has 1 atom stereocenters. The third kappa shape index (κ3) is 3.68. The summed E-state index contributed by atoms with van der Waals surface area (Å²) in [5.41, 5.74) is 1.52. The molecule has 0 radical (unpaired) electrons. The number of anilines is 1. The van der Waals surface area contributed by atoms with Crippen LogP contribution >= 0.6 is 11.3 Å². The van der Waals surface area contributed by atoms with Crippen LogP contribution in [0.4, 0.5) is 5.82 Å². The molecule has 4 rings (SSSR count). The number of carbonyl (C=O) groups is 1. The van der Waals surface area contributed by atoms with Crippen LogP contribution in [0.2, 0.25) is 0 Å². The summed E-state index contributed by atoms with van der Waals surface area (Å²) in [5, 5.41) is 12.7. The van der Waals surface area contributed by atoms with Crippen molar-refractivity contribution in [3.63, 3.8) is 0 Å². The summed E-state index contributed by atoms with van der Waals surface area (Å²) in [6.07, 6.45) is 0.866. The lowest BCUT2D eigenvalue weighted by molar-refractivity contribution is 0.0937. The molecule has 0 unspecified atom stereocenters. The van der Waals surface area contributed by atoms with E-state index in [4.69, 9.17) is 9.47 Å². The van der Waals surface area contributed by atoms with Crippen LogP contribution in [0, 0.1) is 0 Å². The van der Waals surface area contributed by atoms with Crippen molar-refractivity contribution in [1.82, 2.24) is 15.5 Å². The summed E-state index contributed by atoms with van der Waals surface area (Å²) < 4.78 is 10.5. The largest absolute Gasteiger partial charge is 0.497 e. The van der Waals surface area contributed by atoms with Gasteiger partial charge in [-0.15, -0.1) is 11.3 Å². The number of amides is 1. The topological polar surface area (TPSA) is 79.5 Å². The van der Waals surface area contributed by atoms with Crippen molar-refractivity contribution in [2.45, 2.75) is 12.5 Å². The number of nitrogens with zero attached hydrogens (tertiary/aromatic N) is 2. The molecular formula is C20H22N4O3S. The average molecular weight is 398 g/mol. The van der Waals surface area contributed by atoms with Crippen LogP contribution in [-0.2, 0) is 0 Å². The van der Waals surface area contributed by atoms with E-state index in [2.05, 4.69) is 32.5 Å². The van der Waals surface area contributed by atoms with Crippen molar-refractivity contribution < 1.29 is 14.3 Å². The lowest BCUT2D eigenvalue weighted by atomic mass is 10.1. The number of ether oxygens (including phenoxy) is 2. The zero-order valence-corrected chi connectivity index (χ0v) is 16.6. The number of hydrogen-bond donors (Lipinski definition) is 2. The van der Waals surface area contributed by atoms with Crippen LogP contribution in [0.3, 0.4) is 0 Å². The molecule has 1 amide bonds. The molecule has 28 heavy (non-hydrogen) atoms. The second kappa shape index (κ2) is 7.93. The molecule has 3 aromatic rings. The number of benzene rings is 1. The Bertz CT molecular complexity index is 954. The summed E-state index contributed by atoms with van der Waals surface area (Å²) in [4.78, 5) is 16.1. The van der Waals surface area contributed by atoms with Gasteiger partial charge in [0.15, 0.2) is 5.82 Å². The minimum atomic E-state index is -0.146. The molecule has 1 aliphatic rings. The fourth-order valence-electron chi connectivity index (χ4n) is 3.37. The molecule has 1 saturated heterocycles. The van der Waals surface area contributed by atoms with Gasteiger partial charge in [0.1, 0.15) is 11.5 Å². The second-order valence-electron chi connectivity index (χ2n) is 6.59. The van der Waals surface area contributed by atoms with Crippen molar-refractivity contribution in [3.8, 4) is 22.1 Å². The molecule has 0 aliphatic carbocycles. The van der Waals surface area contributed by atoms with Gasteiger partial charge in [-0.3, -0.25) is 9.89 Å². The second-order valence-corrected chi connectivity index (χ2v) is 7.54. The first kappa shape index (κ1) is 18.4. The van der Waals surface area contributed by atoms with Crippen LogP contribution in [0.5, 0.6) is 11.5 Å². The Morgan fingerprint density at radius 2 is 2.18 bits per heavy atom. The summed E-state index contributed by atoms with van der Waals surface area (Å²) in [7, 11) is 3.13. The maximum absolute atomic E-state index is 12.7. The molecule has 8 heteroatoms. The van der Waals surface area contributed by atoms with E-state index >= 15 is 0 Å². The van der Waals surface area contributed by atoms with Crippen LogP contribution in [0.1, 0.15) is 16.8 Å². The fraction of sp³-hybridized carbons (Fsp3) is 0.300. The van der Waals surface area contributed by atoms with Crippen molar-refractivity contribution in [3.05, 3.63) is 47.3 Å². The molecule has 2 N–H and O–H groups in total. The molecule has 2 aromatic heterocycles. The maximum atomic E-state index is 12.7. The van der Waals surface area contributed by atoms with Crippen LogP contribution < -0.4 is 19.7 Å². The number of H-pyrrole nitrogens is 1. The zero-order chi connectivity index (χ0) is 19.5. The lowest BCUT2D eigenvalue weighted by Gasteiger charge is -2.17. The highest BCUT2D eigenvalue weighted by atomic mass is 32.1. The number of rotatable bonds is 6. The predicted molar refractivity (Wildman–Crippen MR) is 110 cm³/mol. The van der Waals surface area contributed by atoms with Gasteiger partial charge >= 0.3 is 0 Å². The first-order valence-corrected chi connectivity index (χ1v) is 9.93. The lowest BCUT2D eigenvalue weighted by Crippen LogP contribution is -2.37. The number of aromatic amines is 1. The van der Waals surface area contributed by atoms with Gasteiger partial charge in [-0.05, 0) is 30.0 Å². The number of nitrogens with one attached hydrogen (secondary N) is 2. The molecule has 7 nitrogen and oxygen atoms in total. The van der Waals surface area contributed by atoms with Crippen LogP contribution in [0.25, 0.3) is 10.6 Å². The van der Waals surface area contributed by atoms with Crippen molar-refractivity contribution in [1.29, 1.82) is 0 Å². The Morgan fingerprint density at radius 1 is 1.29 bits per heavy atom. The Labute approximate surface area is 167 Å². The molecule has 1 fully saturated rings. The number of aromatic nitrogens is 2. The normalized spacial score (nSPS) is 16.2. The third-order valence-corrected chi connectivity index (χ3v) is 5.75. The highest BCUT2D eigenvalue weighted by molar-refractivity contribution is 7.13. The van der Waals surface area contributed by atoms with Gasteiger partial charge in [0.25, 0.3) is 5.91 Å². The minimum Gasteiger partial charge on any atom is -0.497 e. The van der Waals surface area contributed by atoms with Crippen molar-refractivity contribution in [2.75, 3.05) is 32.2 Å². The first-order valence-electron chi connectivity index (χ1n) is 9.05. The van der Waals surface area contributed by atoms with Gasteiger partial charge in [-0.25, -0.2) is 0 Å². The SMILES string of the molecule is COc1ccc(C(=O)N[C@@H]2CCN(c3cc(-c4cccs4)[nH]n3)C2)c(OC)c1. The van der Waals surface area contributed by atoms with Gasteiger partial charge in [0.2, 0.25) is 0 Å². The molecule has 0 spiro atoms.